The van der Waals surface area contributed by atoms with E-state index < -0.39 is 0 Å². The van der Waals surface area contributed by atoms with Crippen LogP contribution in [0.3, 0.4) is 0 Å². The van der Waals surface area contributed by atoms with Crippen molar-refractivity contribution >= 4 is 23.6 Å². The van der Waals surface area contributed by atoms with Crippen LogP contribution in [0.1, 0.15) is 40.5 Å². The second kappa shape index (κ2) is 6.57. The van der Waals surface area contributed by atoms with Gasteiger partial charge in [0.15, 0.2) is 0 Å². The van der Waals surface area contributed by atoms with Gasteiger partial charge in [-0.15, -0.1) is 0 Å². The number of unbranched alkanes of at least 4 members (excludes halogenated alkanes) is 1. The molecule has 0 radical (unpaired) electrons. The maximum Gasteiger partial charge on any atom is 0.150 e. The number of hydrogen-bond acceptors (Lipinski definition) is 3. The van der Waals surface area contributed by atoms with E-state index in [1.807, 2.05) is 30.3 Å². The predicted octanol–water partition coefficient (Wildman–Crippen LogP) is 4.13. The zero-order chi connectivity index (χ0) is 16.2. The van der Waals surface area contributed by atoms with Crippen molar-refractivity contribution in [2.75, 3.05) is 0 Å². The summed E-state index contributed by atoms with van der Waals surface area (Å²) >= 11 is 0. The third-order valence-corrected chi connectivity index (χ3v) is 3.95. The van der Waals surface area contributed by atoms with Crippen molar-refractivity contribution < 1.29 is 9.59 Å². The van der Waals surface area contributed by atoms with Crippen LogP contribution in [-0.2, 0) is 6.54 Å². The van der Waals surface area contributed by atoms with Crippen LogP contribution in [0.15, 0.2) is 42.5 Å². The minimum absolute atomic E-state index is 0.625. The largest absolute Gasteiger partial charge is 0.324 e. The Morgan fingerprint density at radius 2 is 1.70 bits per heavy atom. The average Bonchev–Trinajstić information content (AvgIpc) is 2.97. The summed E-state index contributed by atoms with van der Waals surface area (Å²) in [5, 5.41) is 0. The summed E-state index contributed by atoms with van der Waals surface area (Å²) < 4.78 is 2.18. The first kappa shape index (κ1) is 15.2. The molecule has 0 fully saturated rings. The number of carbonyl (C=O) groups is 2. The number of carbonyl (C=O) groups excluding carboxylic acids is 2. The molecule has 0 saturated carbocycles. The summed E-state index contributed by atoms with van der Waals surface area (Å²) in [5.74, 6) is 0.869. The van der Waals surface area contributed by atoms with E-state index in [0.29, 0.717) is 11.1 Å². The topological polar surface area (TPSA) is 52.0 Å². The number of hydrogen-bond donors (Lipinski definition) is 0. The fourth-order valence-corrected chi connectivity index (χ4v) is 2.69. The summed E-state index contributed by atoms with van der Waals surface area (Å²) in [4.78, 5) is 26.5. The molecule has 0 bridgehead atoms. The van der Waals surface area contributed by atoms with Crippen LogP contribution in [0.5, 0.6) is 0 Å². The molecule has 0 unspecified atom stereocenters. The summed E-state index contributed by atoms with van der Waals surface area (Å²) in [7, 11) is 0. The number of nitrogens with zero attached hydrogens (tertiary/aromatic N) is 2. The van der Waals surface area contributed by atoms with Gasteiger partial charge in [-0.25, -0.2) is 4.98 Å². The van der Waals surface area contributed by atoms with Gasteiger partial charge in [-0.3, -0.25) is 9.59 Å². The Morgan fingerprint density at radius 1 is 1.00 bits per heavy atom. The van der Waals surface area contributed by atoms with E-state index >= 15 is 0 Å². The monoisotopic (exact) mass is 306 g/mol. The van der Waals surface area contributed by atoms with Gasteiger partial charge in [0.1, 0.15) is 18.4 Å². The molecule has 23 heavy (non-hydrogen) atoms. The fourth-order valence-electron chi connectivity index (χ4n) is 2.69. The van der Waals surface area contributed by atoms with Gasteiger partial charge in [0, 0.05) is 23.2 Å². The van der Waals surface area contributed by atoms with E-state index in [0.717, 1.165) is 54.4 Å². The Balaban J connectivity index is 2.15. The maximum absolute atomic E-state index is 11.0. The van der Waals surface area contributed by atoms with Gasteiger partial charge in [-0.1, -0.05) is 37.6 Å². The van der Waals surface area contributed by atoms with E-state index in [1.165, 1.54) is 0 Å². The SMILES string of the molecule is CCCCn1c(-c2ccc(C=O)cc2)nc2cc(C=O)ccc21. The van der Waals surface area contributed by atoms with E-state index in [2.05, 4.69) is 11.5 Å². The van der Waals surface area contributed by atoms with E-state index in [9.17, 15) is 9.59 Å². The van der Waals surface area contributed by atoms with Gasteiger partial charge in [-0.2, -0.15) is 0 Å². The maximum atomic E-state index is 11.0. The highest BCUT2D eigenvalue weighted by Gasteiger charge is 2.12. The highest BCUT2D eigenvalue weighted by atomic mass is 16.1. The van der Waals surface area contributed by atoms with E-state index in [4.69, 9.17) is 4.98 Å². The number of fused-ring (bicyclic) bond motifs is 1. The molecule has 1 aromatic heterocycles. The molecule has 2 aromatic carbocycles. The van der Waals surface area contributed by atoms with Crippen LogP contribution in [0.4, 0.5) is 0 Å². The fraction of sp³-hybridized carbons (Fsp3) is 0.211. The van der Waals surface area contributed by atoms with Gasteiger partial charge in [0.25, 0.3) is 0 Å². The lowest BCUT2D eigenvalue weighted by Crippen LogP contribution is -2.00. The molecule has 0 aliphatic rings. The lowest BCUT2D eigenvalue weighted by atomic mass is 10.1. The molecule has 3 rings (SSSR count). The van der Waals surface area contributed by atoms with Gasteiger partial charge >= 0.3 is 0 Å². The van der Waals surface area contributed by atoms with Crippen LogP contribution < -0.4 is 0 Å². The predicted molar refractivity (Wildman–Crippen MR) is 90.9 cm³/mol. The molecule has 116 valence electrons. The van der Waals surface area contributed by atoms with Gasteiger partial charge in [-0.05, 0) is 24.6 Å². The molecule has 0 amide bonds. The minimum Gasteiger partial charge on any atom is -0.324 e. The van der Waals surface area contributed by atoms with Crippen LogP contribution >= 0.6 is 0 Å². The number of rotatable bonds is 6. The zero-order valence-electron chi connectivity index (χ0n) is 13.0. The lowest BCUT2D eigenvalue weighted by Gasteiger charge is -2.09. The molecule has 0 spiro atoms. The van der Waals surface area contributed by atoms with Gasteiger partial charge in [0.2, 0.25) is 0 Å². The molecule has 0 N–H and O–H groups in total. The molecule has 0 saturated heterocycles. The molecule has 4 nitrogen and oxygen atoms in total. The molecule has 0 atom stereocenters. The Kier molecular flexibility index (Phi) is 4.33. The first-order valence-corrected chi connectivity index (χ1v) is 7.78. The third kappa shape index (κ3) is 2.93. The lowest BCUT2D eigenvalue weighted by molar-refractivity contribution is 0.111. The number of aromatic nitrogens is 2. The highest BCUT2D eigenvalue weighted by Crippen LogP contribution is 2.26. The van der Waals surface area contributed by atoms with Crippen molar-refractivity contribution in [1.29, 1.82) is 0 Å². The van der Waals surface area contributed by atoms with Gasteiger partial charge < -0.3 is 4.57 Å². The second-order valence-corrected chi connectivity index (χ2v) is 5.55. The van der Waals surface area contributed by atoms with Crippen LogP contribution in [0, 0.1) is 0 Å². The Morgan fingerprint density at radius 3 is 2.35 bits per heavy atom. The van der Waals surface area contributed by atoms with Crippen molar-refractivity contribution in [3.05, 3.63) is 53.6 Å². The van der Waals surface area contributed by atoms with Gasteiger partial charge in [0.05, 0.1) is 11.0 Å². The first-order chi connectivity index (χ1) is 11.3. The Bertz CT molecular complexity index is 848. The van der Waals surface area contributed by atoms with Crippen molar-refractivity contribution in [3.63, 3.8) is 0 Å². The average molecular weight is 306 g/mol. The van der Waals surface area contributed by atoms with Crippen LogP contribution in [0.2, 0.25) is 0 Å². The normalized spacial score (nSPS) is 10.8. The number of aldehydes is 2. The number of imidazole rings is 1. The summed E-state index contributed by atoms with van der Waals surface area (Å²) in [6.07, 6.45) is 3.82. The smallest absolute Gasteiger partial charge is 0.150 e. The molecular weight excluding hydrogens is 288 g/mol. The minimum atomic E-state index is 0.625. The third-order valence-electron chi connectivity index (χ3n) is 3.95. The summed E-state index contributed by atoms with van der Waals surface area (Å²) in [6, 6.07) is 13.0. The molecule has 1 heterocycles. The number of benzene rings is 2. The second-order valence-electron chi connectivity index (χ2n) is 5.55. The van der Waals surface area contributed by atoms with E-state index in [1.54, 1.807) is 12.1 Å². The molecule has 0 aliphatic heterocycles. The van der Waals surface area contributed by atoms with Crippen molar-refractivity contribution in [2.45, 2.75) is 26.3 Å². The Labute approximate surface area is 134 Å². The molecule has 0 aliphatic carbocycles. The standard InChI is InChI=1S/C19H18N2O2/c1-2-3-10-21-18-9-6-15(13-23)11-17(18)20-19(21)16-7-4-14(12-22)5-8-16/h4-9,11-13H,2-3,10H2,1H3. The van der Waals surface area contributed by atoms with Crippen molar-refractivity contribution in [1.82, 2.24) is 9.55 Å². The zero-order valence-corrected chi connectivity index (χ0v) is 13.0. The van der Waals surface area contributed by atoms with E-state index in [-0.39, 0.29) is 0 Å². The molecule has 3 aromatic rings. The first-order valence-electron chi connectivity index (χ1n) is 7.78. The quantitative estimate of drug-likeness (QED) is 0.643. The Hall–Kier alpha value is -2.75. The molecule has 4 heteroatoms. The van der Waals surface area contributed by atoms with Crippen molar-refractivity contribution in [3.8, 4) is 11.4 Å². The number of aryl methyl sites for hydroxylation is 1. The van der Waals surface area contributed by atoms with Crippen LogP contribution in [-0.4, -0.2) is 22.1 Å². The van der Waals surface area contributed by atoms with Crippen molar-refractivity contribution in [2.24, 2.45) is 0 Å². The summed E-state index contributed by atoms with van der Waals surface area (Å²) in [6.45, 7) is 3.03. The van der Waals surface area contributed by atoms with Crippen LogP contribution in [0.25, 0.3) is 22.4 Å². The highest BCUT2D eigenvalue weighted by molar-refractivity contribution is 5.87. The molecular formula is C19H18N2O2. The summed E-state index contributed by atoms with van der Waals surface area (Å²) in [5.41, 5.74) is 4.09.